The van der Waals surface area contributed by atoms with Crippen molar-refractivity contribution in [2.24, 2.45) is 0 Å². The molecule has 0 bridgehead atoms. The van der Waals surface area contributed by atoms with Gasteiger partial charge in [-0.2, -0.15) is 0 Å². The highest BCUT2D eigenvalue weighted by Crippen LogP contribution is 2.05. The van der Waals surface area contributed by atoms with Crippen molar-refractivity contribution in [3.05, 3.63) is 0 Å². The third-order valence-electron chi connectivity index (χ3n) is 2.85. The molecule has 2 aliphatic heterocycles. The molecule has 5 nitrogen and oxygen atoms in total. The van der Waals surface area contributed by atoms with Gasteiger partial charge in [-0.3, -0.25) is 4.90 Å². The fourth-order valence-electron chi connectivity index (χ4n) is 1.94. The summed E-state index contributed by atoms with van der Waals surface area (Å²) >= 11 is 0. The van der Waals surface area contributed by atoms with Gasteiger partial charge in [-0.25, -0.2) is 4.79 Å². The van der Waals surface area contributed by atoms with E-state index in [0.717, 1.165) is 52.4 Å². The Kier molecular flexibility index (Phi) is 3.80. The highest BCUT2D eigenvalue weighted by molar-refractivity contribution is 5.69. The van der Waals surface area contributed by atoms with Gasteiger partial charge in [0.05, 0.1) is 19.8 Å². The monoisotopic (exact) mass is 214 g/mol. The van der Waals surface area contributed by atoms with Crippen molar-refractivity contribution in [2.45, 2.75) is 6.42 Å². The number of morpholine rings is 1. The molecule has 0 radical (unpaired) electrons. The lowest BCUT2D eigenvalue weighted by atomic mass is 10.3. The van der Waals surface area contributed by atoms with Crippen LogP contribution in [0.3, 0.4) is 0 Å². The number of cyclic esters (lactones) is 1. The molecular formula is C10H18N2O3. The van der Waals surface area contributed by atoms with Crippen LogP contribution in [0, 0.1) is 0 Å². The molecule has 2 saturated heterocycles. The van der Waals surface area contributed by atoms with Crippen LogP contribution in [0.15, 0.2) is 0 Å². The highest BCUT2D eigenvalue weighted by Gasteiger charge is 2.21. The molecule has 15 heavy (non-hydrogen) atoms. The summed E-state index contributed by atoms with van der Waals surface area (Å²) in [5.74, 6) is 0. The molecule has 0 aromatic carbocycles. The van der Waals surface area contributed by atoms with Gasteiger partial charge in [-0.1, -0.05) is 0 Å². The first-order valence-electron chi connectivity index (χ1n) is 5.58. The molecule has 86 valence electrons. The molecule has 2 fully saturated rings. The highest BCUT2D eigenvalue weighted by atomic mass is 16.6. The van der Waals surface area contributed by atoms with E-state index in [4.69, 9.17) is 9.47 Å². The Hall–Kier alpha value is -0.810. The number of amides is 1. The number of rotatable bonds is 4. The second-order valence-corrected chi connectivity index (χ2v) is 3.91. The molecule has 0 unspecified atom stereocenters. The Labute approximate surface area is 89.9 Å². The first-order valence-corrected chi connectivity index (χ1v) is 5.58. The van der Waals surface area contributed by atoms with Crippen LogP contribution in [0.5, 0.6) is 0 Å². The van der Waals surface area contributed by atoms with E-state index in [9.17, 15) is 4.79 Å². The van der Waals surface area contributed by atoms with Gasteiger partial charge in [0.25, 0.3) is 0 Å². The van der Waals surface area contributed by atoms with Crippen molar-refractivity contribution in [3.8, 4) is 0 Å². The number of hydrogen-bond donors (Lipinski definition) is 0. The minimum atomic E-state index is -0.156. The molecule has 2 heterocycles. The molecule has 0 aromatic rings. The number of nitrogens with zero attached hydrogens (tertiary/aromatic N) is 2. The Morgan fingerprint density at radius 1 is 1.07 bits per heavy atom. The minimum Gasteiger partial charge on any atom is -0.448 e. The molecular weight excluding hydrogens is 196 g/mol. The fraction of sp³-hybridized carbons (Fsp3) is 0.900. The first-order chi connectivity index (χ1) is 7.36. The standard InChI is InChI=1S/C10H18N2O3/c13-10-12(6-9-15-10)3-1-2-11-4-7-14-8-5-11/h1-9H2. The smallest absolute Gasteiger partial charge is 0.409 e. The molecule has 2 aliphatic rings. The summed E-state index contributed by atoms with van der Waals surface area (Å²) in [4.78, 5) is 15.3. The van der Waals surface area contributed by atoms with Crippen LogP contribution in [0.25, 0.3) is 0 Å². The summed E-state index contributed by atoms with van der Waals surface area (Å²) in [6.45, 7) is 6.88. The number of hydrogen-bond acceptors (Lipinski definition) is 4. The van der Waals surface area contributed by atoms with Gasteiger partial charge in [0.1, 0.15) is 6.61 Å². The Morgan fingerprint density at radius 3 is 2.53 bits per heavy atom. The number of carbonyl (C=O) groups is 1. The van der Waals surface area contributed by atoms with Crippen LogP contribution >= 0.6 is 0 Å². The van der Waals surface area contributed by atoms with Crippen LogP contribution in [0.1, 0.15) is 6.42 Å². The quantitative estimate of drug-likeness (QED) is 0.668. The largest absolute Gasteiger partial charge is 0.448 e. The molecule has 1 amide bonds. The van der Waals surface area contributed by atoms with E-state index in [1.165, 1.54) is 0 Å². The Balaban J connectivity index is 1.59. The number of ether oxygens (including phenoxy) is 2. The predicted octanol–water partition coefficient (Wildman–Crippen LogP) is 0.161. The first kappa shape index (κ1) is 10.7. The fourth-order valence-corrected chi connectivity index (χ4v) is 1.94. The van der Waals surface area contributed by atoms with E-state index in [1.807, 2.05) is 0 Å². The summed E-state index contributed by atoms with van der Waals surface area (Å²) in [5, 5.41) is 0. The molecule has 5 heteroatoms. The average Bonchev–Trinajstić information content (AvgIpc) is 2.66. The Morgan fingerprint density at radius 2 is 1.87 bits per heavy atom. The summed E-state index contributed by atoms with van der Waals surface area (Å²) in [6.07, 6.45) is 0.867. The maximum absolute atomic E-state index is 11.1. The summed E-state index contributed by atoms with van der Waals surface area (Å²) in [6, 6.07) is 0. The molecule has 0 atom stereocenters. The molecule has 2 rings (SSSR count). The van der Waals surface area contributed by atoms with Crippen molar-refractivity contribution >= 4 is 6.09 Å². The maximum atomic E-state index is 11.1. The molecule has 0 saturated carbocycles. The lowest BCUT2D eigenvalue weighted by molar-refractivity contribution is 0.0366. The summed E-state index contributed by atoms with van der Waals surface area (Å²) in [5.41, 5.74) is 0. The van der Waals surface area contributed by atoms with Crippen molar-refractivity contribution in [3.63, 3.8) is 0 Å². The molecule has 0 aromatic heterocycles. The third kappa shape index (κ3) is 3.07. The zero-order chi connectivity index (χ0) is 10.5. The molecule has 0 spiro atoms. The van der Waals surface area contributed by atoms with Gasteiger partial charge >= 0.3 is 6.09 Å². The van der Waals surface area contributed by atoms with E-state index >= 15 is 0 Å². The van der Waals surface area contributed by atoms with E-state index in [1.54, 1.807) is 4.90 Å². The van der Waals surface area contributed by atoms with E-state index in [-0.39, 0.29) is 6.09 Å². The molecule has 0 N–H and O–H groups in total. The van der Waals surface area contributed by atoms with Crippen LogP contribution in [0.4, 0.5) is 4.79 Å². The van der Waals surface area contributed by atoms with Crippen molar-refractivity contribution in [1.82, 2.24) is 9.80 Å². The van der Waals surface area contributed by atoms with Crippen molar-refractivity contribution < 1.29 is 14.3 Å². The third-order valence-corrected chi connectivity index (χ3v) is 2.85. The van der Waals surface area contributed by atoms with Crippen LogP contribution < -0.4 is 0 Å². The zero-order valence-electron chi connectivity index (χ0n) is 8.98. The second kappa shape index (κ2) is 5.32. The predicted molar refractivity (Wildman–Crippen MR) is 54.8 cm³/mol. The van der Waals surface area contributed by atoms with Gasteiger partial charge in [-0.15, -0.1) is 0 Å². The van der Waals surface area contributed by atoms with Crippen LogP contribution in [0.2, 0.25) is 0 Å². The maximum Gasteiger partial charge on any atom is 0.409 e. The molecule has 0 aliphatic carbocycles. The van der Waals surface area contributed by atoms with Gasteiger partial charge in [-0.05, 0) is 6.42 Å². The van der Waals surface area contributed by atoms with Crippen molar-refractivity contribution in [1.29, 1.82) is 0 Å². The normalized spacial score (nSPS) is 23.2. The zero-order valence-corrected chi connectivity index (χ0v) is 8.98. The van der Waals surface area contributed by atoms with Gasteiger partial charge < -0.3 is 14.4 Å². The van der Waals surface area contributed by atoms with E-state index < -0.39 is 0 Å². The van der Waals surface area contributed by atoms with Crippen LogP contribution in [-0.4, -0.2) is 68.4 Å². The Bertz CT molecular complexity index is 217. The summed E-state index contributed by atoms with van der Waals surface area (Å²) in [7, 11) is 0. The van der Waals surface area contributed by atoms with Gasteiger partial charge in [0.15, 0.2) is 0 Å². The van der Waals surface area contributed by atoms with Crippen molar-refractivity contribution in [2.75, 3.05) is 52.5 Å². The minimum absolute atomic E-state index is 0.156. The SMILES string of the molecule is O=C1OCCN1CCCN1CCOCC1. The van der Waals surface area contributed by atoms with Gasteiger partial charge in [0, 0.05) is 26.2 Å². The topological polar surface area (TPSA) is 42.0 Å². The summed E-state index contributed by atoms with van der Waals surface area (Å²) < 4.78 is 10.1. The average molecular weight is 214 g/mol. The lowest BCUT2D eigenvalue weighted by Gasteiger charge is -2.27. The second-order valence-electron chi connectivity index (χ2n) is 3.91. The van der Waals surface area contributed by atoms with E-state index in [2.05, 4.69) is 4.90 Å². The van der Waals surface area contributed by atoms with Crippen LogP contribution in [-0.2, 0) is 9.47 Å². The van der Waals surface area contributed by atoms with Gasteiger partial charge in [0.2, 0.25) is 0 Å². The van der Waals surface area contributed by atoms with E-state index in [0.29, 0.717) is 6.61 Å². The number of carbonyl (C=O) groups excluding carboxylic acids is 1. The lowest BCUT2D eigenvalue weighted by Crippen LogP contribution is -2.38.